The van der Waals surface area contributed by atoms with Crippen molar-refractivity contribution in [2.45, 2.75) is 38.4 Å². The lowest BCUT2D eigenvalue weighted by Gasteiger charge is -2.22. The van der Waals surface area contributed by atoms with Crippen molar-refractivity contribution in [1.82, 2.24) is 0 Å². The minimum atomic E-state index is -4.60. The van der Waals surface area contributed by atoms with E-state index in [1.807, 2.05) is 0 Å². The van der Waals surface area contributed by atoms with Crippen LogP contribution in [-0.2, 0) is 9.59 Å². The first-order chi connectivity index (χ1) is 10.9. The smallest absolute Gasteiger partial charge is 0.393 e. The second kappa shape index (κ2) is 7.85. The van der Waals surface area contributed by atoms with E-state index in [9.17, 15) is 22.8 Å². The fourth-order valence-corrected chi connectivity index (χ4v) is 2.14. The minimum Gasteiger partial charge on any atom is -0.481 e. The Morgan fingerprint density at radius 3 is 2.42 bits per heavy atom. The number of rotatable bonds is 6. The molecule has 1 rings (SSSR count). The molecule has 0 saturated heterocycles. The average molecular weight is 367 g/mol. The van der Waals surface area contributed by atoms with Crippen molar-refractivity contribution in [3.05, 3.63) is 28.8 Å². The van der Waals surface area contributed by atoms with Gasteiger partial charge in [-0.1, -0.05) is 31.5 Å². The summed E-state index contributed by atoms with van der Waals surface area (Å²) >= 11 is 5.93. The van der Waals surface area contributed by atoms with Crippen LogP contribution in [0.1, 0.15) is 31.7 Å². The molecule has 0 spiro atoms. The van der Waals surface area contributed by atoms with Gasteiger partial charge in [0, 0.05) is 0 Å². The first-order valence-electron chi connectivity index (χ1n) is 7.08. The van der Waals surface area contributed by atoms with Crippen LogP contribution in [0.25, 0.3) is 0 Å². The molecule has 9 heteroatoms. The molecule has 0 saturated carbocycles. The molecule has 0 bridgehead atoms. The van der Waals surface area contributed by atoms with Gasteiger partial charge in [-0.3, -0.25) is 9.59 Å². The molecular formula is C15H18ClF3N2O3. The van der Waals surface area contributed by atoms with Gasteiger partial charge in [0.1, 0.15) is 0 Å². The number of carboxylic acid groups (broad SMARTS) is 1. The zero-order valence-electron chi connectivity index (χ0n) is 13.0. The Hall–Kier alpha value is -1.80. The van der Waals surface area contributed by atoms with Crippen LogP contribution in [0.3, 0.4) is 0 Å². The Bertz CT molecular complexity index is 622. The van der Waals surface area contributed by atoms with Crippen molar-refractivity contribution < 1.29 is 27.9 Å². The van der Waals surface area contributed by atoms with E-state index in [0.717, 1.165) is 6.92 Å². The molecule has 0 aromatic heterocycles. The monoisotopic (exact) mass is 366 g/mol. The Morgan fingerprint density at radius 1 is 1.33 bits per heavy atom. The number of carboxylic acids is 1. The maximum Gasteiger partial charge on any atom is 0.393 e. The number of halogens is 4. The highest BCUT2D eigenvalue weighted by molar-refractivity contribution is 6.33. The molecule has 0 heterocycles. The van der Waals surface area contributed by atoms with Gasteiger partial charge in [-0.25, -0.2) is 0 Å². The zero-order chi connectivity index (χ0) is 18.7. The largest absolute Gasteiger partial charge is 0.481 e. The Labute approximate surface area is 142 Å². The number of amides is 1. The van der Waals surface area contributed by atoms with Crippen LogP contribution in [0.5, 0.6) is 0 Å². The Balaban J connectivity index is 2.94. The minimum absolute atomic E-state index is 0.0845. The summed E-state index contributed by atoms with van der Waals surface area (Å²) in [5.41, 5.74) is 6.02. The first-order valence-corrected chi connectivity index (χ1v) is 7.45. The molecule has 4 N–H and O–H groups in total. The number of hydrogen-bond donors (Lipinski definition) is 3. The molecule has 134 valence electrons. The van der Waals surface area contributed by atoms with E-state index < -0.39 is 30.0 Å². The second-order valence-corrected chi connectivity index (χ2v) is 5.99. The fourth-order valence-electron chi connectivity index (χ4n) is 1.97. The predicted octanol–water partition coefficient (Wildman–Crippen LogP) is 3.38. The summed E-state index contributed by atoms with van der Waals surface area (Å²) in [6, 6.07) is 2.66. The summed E-state index contributed by atoms with van der Waals surface area (Å²) in [6.45, 7) is 2.48. The van der Waals surface area contributed by atoms with Crippen LogP contribution in [0.15, 0.2) is 18.2 Å². The van der Waals surface area contributed by atoms with Crippen LogP contribution >= 0.6 is 11.6 Å². The molecule has 24 heavy (non-hydrogen) atoms. The van der Waals surface area contributed by atoms with E-state index >= 15 is 0 Å². The van der Waals surface area contributed by atoms with Crippen LogP contribution < -0.4 is 11.1 Å². The summed E-state index contributed by atoms with van der Waals surface area (Å²) in [5.74, 6) is -4.41. The molecule has 1 amide bonds. The number of anilines is 1. The SMILES string of the molecule is CC(C(N)C(=O)Nc1cc([C@@H](C)CC(=O)O)ccc1Cl)C(F)(F)F. The third-order valence-electron chi connectivity index (χ3n) is 3.66. The number of nitrogens with two attached hydrogens (primary N) is 1. The van der Waals surface area contributed by atoms with Gasteiger partial charge in [0.05, 0.1) is 29.1 Å². The lowest BCUT2D eigenvalue weighted by atomic mass is 9.97. The summed E-state index contributed by atoms with van der Waals surface area (Å²) in [6.07, 6.45) is -4.74. The highest BCUT2D eigenvalue weighted by Crippen LogP contribution is 2.30. The predicted molar refractivity (Wildman–Crippen MR) is 83.9 cm³/mol. The number of carbonyl (C=O) groups is 2. The molecule has 0 radical (unpaired) electrons. The lowest BCUT2D eigenvalue weighted by Crippen LogP contribution is -2.46. The number of nitrogens with one attached hydrogen (secondary N) is 1. The molecule has 3 atom stereocenters. The molecular weight excluding hydrogens is 349 g/mol. The first kappa shape index (κ1) is 20.2. The summed E-state index contributed by atoms with van der Waals surface area (Å²) in [4.78, 5) is 22.7. The maximum absolute atomic E-state index is 12.6. The van der Waals surface area contributed by atoms with Crippen molar-refractivity contribution in [2.24, 2.45) is 11.7 Å². The highest BCUT2D eigenvalue weighted by atomic mass is 35.5. The second-order valence-electron chi connectivity index (χ2n) is 5.58. The van der Waals surface area contributed by atoms with Crippen molar-refractivity contribution in [1.29, 1.82) is 0 Å². The normalized spacial score (nSPS) is 15.5. The molecule has 0 aliphatic rings. The molecule has 0 aliphatic heterocycles. The molecule has 2 unspecified atom stereocenters. The van der Waals surface area contributed by atoms with Gasteiger partial charge in [-0.2, -0.15) is 13.2 Å². The summed E-state index contributed by atoms with van der Waals surface area (Å²) in [5, 5.41) is 11.2. The topological polar surface area (TPSA) is 92.4 Å². The van der Waals surface area contributed by atoms with E-state index in [0.29, 0.717) is 5.56 Å². The van der Waals surface area contributed by atoms with Gasteiger partial charge in [-0.05, 0) is 23.6 Å². The quantitative estimate of drug-likeness (QED) is 0.719. The van der Waals surface area contributed by atoms with Crippen LogP contribution in [-0.4, -0.2) is 29.2 Å². The lowest BCUT2D eigenvalue weighted by molar-refractivity contribution is -0.176. The van der Waals surface area contributed by atoms with E-state index in [2.05, 4.69) is 5.32 Å². The number of hydrogen-bond acceptors (Lipinski definition) is 3. The third-order valence-corrected chi connectivity index (χ3v) is 3.99. The average Bonchev–Trinajstić information content (AvgIpc) is 2.46. The van der Waals surface area contributed by atoms with E-state index in [-0.39, 0.29) is 23.0 Å². The number of alkyl halides is 3. The van der Waals surface area contributed by atoms with E-state index in [4.69, 9.17) is 22.4 Å². The van der Waals surface area contributed by atoms with Gasteiger partial charge in [0.2, 0.25) is 5.91 Å². The van der Waals surface area contributed by atoms with E-state index in [1.54, 1.807) is 13.0 Å². The van der Waals surface area contributed by atoms with Crippen LogP contribution in [0.4, 0.5) is 18.9 Å². The zero-order valence-corrected chi connectivity index (χ0v) is 13.8. The summed E-state index contributed by atoms with van der Waals surface area (Å²) < 4.78 is 37.9. The van der Waals surface area contributed by atoms with Gasteiger partial charge in [0.15, 0.2) is 0 Å². The molecule has 0 fully saturated rings. The van der Waals surface area contributed by atoms with Crippen LogP contribution in [0.2, 0.25) is 5.02 Å². The Morgan fingerprint density at radius 2 is 1.92 bits per heavy atom. The fraction of sp³-hybridized carbons (Fsp3) is 0.467. The molecule has 5 nitrogen and oxygen atoms in total. The van der Waals surface area contributed by atoms with Crippen LogP contribution in [0, 0.1) is 5.92 Å². The molecule has 1 aromatic rings. The van der Waals surface area contributed by atoms with Gasteiger partial charge < -0.3 is 16.2 Å². The van der Waals surface area contributed by atoms with Gasteiger partial charge >= 0.3 is 12.1 Å². The van der Waals surface area contributed by atoms with E-state index in [1.165, 1.54) is 12.1 Å². The van der Waals surface area contributed by atoms with Crippen molar-refractivity contribution in [3.8, 4) is 0 Å². The summed E-state index contributed by atoms with van der Waals surface area (Å²) in [7, 11) is 0. The number of carbonyl (C=O) groups excluding carboxylic acids is 1. The van der Waals surface area contributed by atoms with Crippen molar-refractivity contribution in [2.75, 3.05) is 5.32 Å². The number of aliphatic carboxylic acids is 1. The molecule has 0 aliphatic carbocycles. The third kappa shape index (κ3) is 5.38. The van der Waals surface area contributed by atoms with Gasteiger partial charge in [-0.15, -0.1) is 0 Å². The maximum atomic E-state index is 12.6. The Kier molecular flexibility index (Phi) is 6.62. The highest BCUT2D eigenvalue weighted by Gasteiger charge is 2.42. The van der Waals surface area contributed by atoms with Crippen molar-refractivity contribution >= 4 is 29.2 Å². The number of benzene rings is 1. The van der Waals surface area contributed by atoms with Crippen molar-refractivity contribution in [3.63, 3.8) is 0 Å². The van der Waals surface area contributed by atoms with Gasteiger partial charge in [0.25, 0.3) is 0 Å². The standard InChI is InChI=1S/C15H18ClF3N2O3/c1-7(5-12(22)23)9-3-4-10(16)11(6-9)21-14(24)13(20)8(2)15(17,18)19/h3-4,6-8,13H,5,20H2,1-2H3,(H,21,24)(H,22,23)/t7-,8?,13?/m0/s1. The molecule has 1 aromatic carbocycles.